The summed E-state index contributed by atoms with van der Waals surface area (Å²) in [5.74, 6) is -3.35. The largest absolute Gasteiger partial charge is 0.465 e. The Bertz CT molecular complexity index is 1250. The molecule has 1 unspecified atom stereocenters. The number of ether oxygens (including phenoxy) is 9. The van der Waals surface area contributed by atoms with E-state index in [9.17, 15) is 28.8 Å². The van der Waals surface area contributed by atoms with Crippen molar-refractivity contribution < 1.29 is 71.4 Å². The van der Waals surface area contributed by atoms with E-state index in [1.165, 1.54) is 13.8 Å². The molecule has 3 rings (SSSR count). The van der Waals surface area contributed by atoms with Crippen LogP contribution in [-0.2, 0) is 66.7 Å². The van der Waals surface area contributed by atoms with Crippen molar-refractivity contribution in [1.82, 2.24) is 0 Å². The highest BCUT2D eigenvalue weighted by atomic mass is 16.8. The first kappa shape index (κ1) is 36.2. The van der Waals surface area contributed by atoms with E-state index < -0.39 is 85.7 Å². The van der Waals surface area contributed by atoms with Crippen molar-refractivity contribution in [3.05, 3.63) is 24.3 Å². The number of rotatable bonds is 12. The summed E-state index contributed by atoms with van der Waals surface area (Å²) in [6, 6.07) is 6.62. The van der Waals surface area contributed by atoms with Gasteiger partial charge in [-0.15, -0.1) is 0 Å². The van der Waals surface area contributed by atoms with E-state index in [4.69, 9.17) is 42.6 Å². The van der Waals surface area contributed by atoms with Crippen molar-refractivity contribution in [2.24, 2.45) is 0 Å². The van der Waals surface area contributed by atoms with Gasteiger partial charge in [0.25, 0.3) is 0 Å². The molecule has 1 aromatic carbocycles. The van der Waals surface area contributed by atoms with Crippen molar-refractivity contribution in [1.29, 1.82) is 0 Å². The number of benzene rings is 1. The molecule has 0 saturated carbocycles. The Morgan fingerprint density at radius 1 is 0.674 bits per heavy atom. The third-order valence-electron chi connectivity index (χ3n) is 6.58. The lowest BCUT2D eigenvalue weighted by molar-refractivity contribution is -0.332. The standard InChI is InChI=1S/C30H39NO15/c1-15(32)31-21-7-9-22(10-8-21)43-26-12-11-23(24(44-26)13-38-16(2)33)45-30-29(42-20(6)37)28(41-19(5)36)27(40-18(4)35)25(46-30)14-39-17(3)34/h7-10,23-30H,11-14H2,1-6H3,(H,31,32)/t23-,24+,25+,26-,27+,28-,29+,30?/m0/s1. The molecule has 16 heteroatoms. The van der Waals surface area contributed by atoms with Gasteiger partial charge in [-0.05, 0) is 30.7 Å². The van der Waals surface area contributed by atoms with Gasteiger partial charge in [-0.1, -0.05) is 0 Å². The van der Waals surface area contributed by atoms with E-state index in [-0.39, 0.29) is 18.9 Å². The van der Waals surface area contributed by atoms with Crippen LogP contribution in [0.15, 0.2) is 24.3 Å². The lowest BCUT2D eigenvalue weighted by Crippen LogP contribution is -2.64. The molecule has 1 N–H and O–H groups in total. The van der Waals surface area contributed by atoms with E-state index in [0.29, 0.717) is 17.9 Å². The van der Waals surface area contributed by atoms with Gasteiger partial charge >= 0.3 is 29.8 Å². The summed E-state index contributed by atoms with van der Waals surface area (Å²) >= 11 is 0. The molecule has 0 bridgehead atoms. The average Bonchev–Trinajstić information content (AvgIpc) is 2.95. The fourth-order valence-corrected chi connectivity index (χ4v) is 4.87. The predicted molar refractivity (Wildman–Crippen MR) is 153 cm³/mol. The number of carbonyl (C=O) groups is 6. The molecule has 2 aliphatic heterocycles. The van der Waals surface area contributed by atoms with Crippen molar-refractivity contribution >= 4 is 41.4 Å². The van der Waals surface area contributed by atoms with Crippen LogP contribution in [0.5, 0.6) is 5.75 Å². The molecule has 8 atom stereocenters. The Morgan fingerprint density at radius 3 is 1.76 bits per heavy atom. The van der Waals surface area contributed by atoms with Gasteiger partial charge in [0.2, 0.25) is 5.91 Å². The monoisotopic (exact) mass is 653 g/mol. The Hall–Kier alpha value is -4.28. The second-order valence-corrected chi connectivity index (χ2v) is 10.5. The quantitative estimate of drug-likeness (QED) is 0.252. The number of nitrogens with one attached hydrogen (secondary N) is 1. The first-order valence-electron chi connectivity index (χ1n) is 14.5. The van der Waals surface area contributed by atoms with Gasteiger partial charge in [0.15, 0.2) is 30.9 Å². The molecular weight excluding hydrogens is 614 g/mol. The molecule has 1 amide bonds. The molecule has 46 heavy (non-hydrogen) atoms. The highest BCUT2D eigenvalue weighted by Crippen LogP contribution is 2.33. The fraction of sp³-hybridized carbons (Fsp3) is 0.600. The number of esters is 5. The topological polar surface area (TPSA) is 198 Å². The molecule has 0 aromatic heterocycles. The summed E-state index contributed by atoms with van der Waals surface area (Å²) in [5, 5.41) is 2.66. The van der Waals surface area contributed by atoms with Crippen LogP contribution in [0.4, 0.5) is 5.69 Å². The van der Waals surface area contributed by atoms with Gasteiger partial charge in [-0.3, -0.25) is 28.8 Å². The van der Waals surface area contributed by atoms with Gasteiger partial charge in [0.05, 0.1) is 6.10 Å². The summed E-state index contributed by atoms with van der Waals surface area (Å²) in [7, 11) is 0. The first-order chi connectivity index (χ1) is 21.7. The van der Waals surface area contributed by atoms with Crippen molar-refractivity contribution in [3.8, 4) is 5.75 Å². The van der Waals surface area contributed by atoms with Gasteiger partial charge < -0.3 is 47.9 Å². The fourth-order valence-electron chi connectivity index (χ4n) is 4.87. The van der Waals surface area contributed by atoms with Crippen LogP contribution in [0.2, 0.25) is 0 Å². The van der Waals surface area contributed by atoms with Crippen LogP contribution in [0.25, 0.3) is 0 Å². The Balaban J connectivity index is 1.86. The van der Waals surface area contributed by atoms with Crippen LogP contribution in [0.3, 0.4) is 0 Å². The highest BCUT2D eigenvalue weighted by molar-refractivity contribution is 5.88. The highest BCUT2D eigenvalue weighted by Gasteiger charge is 2.54. The third kappa shape index (κ3) is 11.3. The van der Waals surface area contributed by atoms with Crippen LogP contribution in [-0.4, -0.2) is 98.2 Å². The zero-order valence-corrected chi connectivity index (χ0v) is 26.4. The summed E-state index contributed by atoms with van der Waals surface area (Å²) in [5.41, 5.74) is 0.579. The number of hydrogen-bond acceptors (Lipinski definition) is 15. The number of amides is 1. The summed E-state index contributed by atoms with van der Waals surface area (Å²) < 4.78 is 51.0. The minimum absolute atomic E-state index is 0.222. The number of anilines is 1. The molecule has 0 radical (unpaired) electrons. The minimum atomic E-state index is -1.45. The minimum Gasteiger partial charge on any atom is -0.465 e. The van der Waals surface area contributed by atoms with Gasteiger partial charge in [0, 0.05) is 53.7 Å². The molecular formula is C30H39NO15. The van der Waals surface area contributed by atoms with Crippen molar-refractivity contribution in [3.63, 3.8) is 0 Å². The number of hydrogen-bond donors (Lipinski definition) is 1. The third-order valence-corrected chi connectivity index (χ3v) is 6.58. The van der Waals surface area contributed by atoms with Gasteiger partial charge in [-0.25, -0.2) is 0 Å². The maximum absolute atomic E-state index is 12.2. The summed E-state index contributed by atoms with van der Waals surface area (Å²) in [6.45, 7) is 6.46. The average molecular weight is 654 g/mol. The van der Waals surface area contributed by atoms with Crippen LogP contribution in [0, 0.1) is 0 Å². The maximum Gasteiger partial charge on any atom is 0.303 e. The molecule has 254 valence electrons. The molecule has 0 aliphatic carbocycles. The van der Waals surface area contributed by atoms with Gasteiger partial charge in [-0.2, -0.15) is 0 Å². The first-order valence-corrected chi connectivity index (χ1v) is 14.5. The Kier molecular flexibility index (Phi) is 13.3. The maximum atomic E-state index is 12.2. The van der Waals surface area contributed by atoms with Crippen LogP contribution in [0.1, 0.15) is 54.4 Å². The van der Waals surface area contributed by atoms with E-state index in [0.717, 1.165) is 27.7 Å². The number of carbonyl (C=O) groups excluding carboxylic acids is 6. The van der Waals surface area contributed by atoms with Crippen LogP contribution >= 0.6 is 0 Å². The van der Waals surface area contributed by atoms with E-state index in [2.05, 4.69) is 5.32 Å². The molecule has 1 aromatic rings. The van der Waals surface area contributed by atoms with E-state index in [1.807, 2.05) is 0 Å². The van der Waals surface area contributed by atoms with Crippen molar-refractivity contribution in [2.75, 3.05) is 18.5 Å². The molecule has 0 spiro atoms. The second kappa shape index (κ2) is 16.9. The Labute approximate surface area is 265 Å². The molecule has 2 heterocycles. The van der Waals surface area contributed by atoms with Gasteiger partial charge in [0.1, 0.15) is 31.2 Å². The molecule has 2 saturated heterocycles. The smallest absolute Gasteiger partial charge is 0.303 e. The zero-order valence-electron chi connectivity index (χ0n) is 26.4. The summed E-state index contributed by atoms with van der Waals surface area (Å²) in [6.07, 6.45) is -8.85. The molecule has 2 fully saturated rings. The van der Waals surface area contributed by atoms with Crippen molar-refractivity contribution in [2.45, 2.75) is 104 Å². The van der Waals surface area contributed by atoms with Crippen LogP contribution < -0.4 is 10.1 Å². The molecule has 2 aliphatic rings. The van der Waals surface area contributed by atoms with E-state index >= 15 is 0 Å². The lowest BCUT2D eigenvalue weighted by atomic mass is 9.97. The van der Waals surface area contributed by atoms with E-state index in [1.54, 1.807) is 24.3 Å². The Morgan fingerprint density at radius 2 is 1.22 bits per heavy atom. The summed E-state index contributed by atoms with van der Waals surface area (Å²) in [4.78, 5) is 70.9. The zero-order chi connectivity index (χ0) is 34.0. The molecule has 16 nitrogen and oxygen atoms in total. The predicted octanol–water partition coefficient (Wildman–Crippen LogP) is 1.56. The second-order valence-electron chi connectivity index (χ2n) is 10.5. The SMILES string of the molecule is CC(=O)Nc1ccc(O[C@@H]2CC[C@H](OC3O[C@H](COC(C)=O)[C@@H](OC(C)=O)[C@H](OC(C)=O)[C@H]3OC(C)=O)[C@@H](COC(C)=O)O2)cc1. The normalized spacial score (nSPS) is 27.3. The lowest BCUT2D eigenvalue weighted by Gasteiger charge is -2.46.